The molecule has 92 valence electrons. The summed E-state index contributed by atoms with van der Waals surface area (Å²) in [4.78, 5) is 0. The van der Waals surface area contributed by atoms with Gasteiger partial charge in [0.15, 0.2) is 0 Å². The van der Waals surface area contributed by atoms with E-state index in [4.69, 9.17) is 0 Å². The molecule has 1 N–H and O–H groups in total. The fourth-order valence-corrected chi connectivity index (χ4v) is 5.00. The molecule has 1 nitrogen and oxygen atoms in total. The van der Waals surface area contributed by atoms with Crippen molar-refractivity contribution in [2.75, 3.05) is 6.54 Å². The van der Waals surface area contributed by atoms with Crippen molar-refractivity contribution in [3.05, 3.63) is 0 Å². The molecule has 3 aliphatic carbocycles. The molecular formula is C15H27N. The van der Waals surface area contributed by atoms with E-state index >= 15 is 0 Å². The summed E-state index contributed by atoms with van der Waals surface area (Å²) >= 11 is 0. The van der Waals surface area contributed by atoms with Gasteiger partial charge in [-0.1, -0.05) is 20.3 Å². The van der Waals surface area contributed by atoms with Crippen molar-refractivity contribution < 1.29 is 0 Å². The average molecular weight is 221 g/mol. The van der Waals surface area contributed by atoms with Crippen LogP contribution in [0, 0.1) is 29.6 Å². The summed E-state index contributed by atoms with van der Waals surface area (Å²) < 4.78 is 0. The minimum Gasteiger partial charge on any atom is -0.314 e. The summed E-state index contributed by atoms with van der Waals surface area (Å²) in [5.74, 6) is 5.67. The van der Waals surface area contributed by atoms with Gasteiger partial charge >= 0.3 is 0 Å². The number of hydrogen-bond donors (Lipinski definition) is 1. The van der Waals surface area contributed by atoms with Gasteiger partial charge in [0.25, 0.3) is 0 Å². The molecule has 0 heterocycles. The van der Waals surface area contributed by atoms with Crippen LogP contribution in [0.1, 0.15) is 52.4 Å². The van der Waals surface area contributed by atoms with Crippen LogP contribution in [-0.4, -0.2) is 12.6 Å². The first-order valence-corrected chi connectivity index (χ1v) is 7.60. The predicted octanol–water partition coefficient (Wildman–Crippen LogP) is 3.45. The Morgan fingerprint density at radius 3 is 2.31 bits per heavy atom. The van der Waals surface area contributed by atoms with Gasteiger partial charge in [-0.25, -0.2) is 0 Å². The lowest BCUT2D eigenvalue weighted by atomic mass is 9.95. The van der Waals surface area contributed by atoms with E-state index in [-0.39, 0.29) is 0 Å². The van der Waals surface area contributed by atoms with Crippen molar-refractivity contribution >= 4 is 0 Å². The standard InChI is InChI=1S/C15H27N/c1-3-5-12(16-8-4-2)15-13-10-6-7-11(9-10)14(13)15/h10-16H,3-9H2,1-2H3. The van der Waals surface area contributed by atoms with Gasteiger partial charge in [-0.2, -0.15) is 0 Å². The second-order valence-corrected chi connectivity index (χ2v) is 6.41. The van der Waals surface area contributed by atoms with Crippen LogP contribution in [0.25, 0.3) is 0 Å². The summed E-state index contributed by atoms with van der Waals surface area (Å²) in [6.07, 6.45) is 8.78. The largest absolute Gasteiger partial charge is 0.314 e. The molecule has 0 aromatic rings. The van der Waals surface area contributed by atoms with Crippen LogP contribution in [0.15, 0.2) is 0 Å². The molecule has 0 radical (unpaired) electrons. The zero-order valence-corrected chi connectivity index (χ0v) is 10.9. The summed E-state index contributed by atoms with van der Waals surface area (Å²) in [6, 6.07) is 0.864. The van der Waals surface area contributed by atoms with Crippen LogP contribution in [0.2, 0.25) is 0 Å². The predicted molar refractivity (Wildman–Crippen MR) is 68.3 cm³/mol. The monoisotopic (exact) mass is 221 g/mol. The SMILES string of the molecule is CCCNC(CCC)C1C2C3CCC(C3)C21. The molecule has 3 saturated carbocycles. The quantitative estimate of drug-likeness (QED) is 0.724. The molecule has 3 fully saturated rings. The van der Waals surface area contributed by atoms with E-state index in [0.717, 1.165) is 35.6 Å². The second kappa shape index (κ2) is 4.33. The van der Waals surface area contributed by atoms with Crippen molar-refractivity contribution in [1.29, 1.82) is 0 Å². The van der Waals surface area contributed by atoms with Gasteiger partial charge < -0.3 is 5.32 Å². The molecule has 3 aliphatic rings. The van der Waals surface area contributed by atoms with Crippen molar-refractivity contribution in [3.8, 4) is 0 Å². The lowest BCUT2D eigenvalue weighted by molar-refractivity contribution is 0.347. The van der Waals surface area contributed by atoms with Gasteiger partial charge in [0, 0.05) is 6.04 Å². The molecule has 0 saturated heterocycles. The third-order valence-electron chi connectivity index (χ3n) is 5.52. The topological polar surface area (TPSA) is 12.0 Å². The van der Waals surface area contributed by atoms with Crippen LogP contribution in [0.3, 0.4) is 0 Å². The Morgan fingerprint density at radius 1 is 1.06 bits per heavy atom. The van der Waals surface area contributed by atoms with Gasteiger partial charge in [0.1, 0.15) is 0 Å². The summed E-state index contributed by atoms with van der Waals surface area (Å²) in [6.45, 7) is 5.86. The van der Waals surface area contributed by atoms with Gasteiger partial charge in [-0.15, -0.1) is 0 Å². The molecule has 5 atom stereocenters. The van der Waals surface area contributed by atoms with E-state index in [0.29, 0.717) is 0 Å². The Kier molecular flexibility index (Phi) is 2.99. The Balaban J connectivity index is 1.59. The van der Waals surface area contributed by atoms with Crippen molar-refractivity contribution in [3.63, 3.8) is 0 Å². The molecule has 0 aromatic carbocycles. The first-order chi connectivity index (χ1) is 7.86. The van der Waals surface area contributed by atoms with Crippen LogP contribution in [0.4, 0.5) is 0 Å². The van der Waals surface area contributed by atoms with E-state index in [1.54, 1.807) is 19.3 Å². The summed E-state index contributed by atoms with van der Waals surface area (Å²) in [5, 5.41) is 3.83. The summed E-state index contributed by atoms with van der Waals surface area (Å²) in [7, 11) is 0. The van der Waals surface area contributed by atoms with E-state index in [9.17, 15) is 0 Å². The number of fused-ring (bicyclic) bond motifs is 5. The molecule has 3 rings (SSSR count). The molecule has 16 heavy (non-hydrogen) atoms. The minimum atomic E-state index is 0.864. The molecule has 0 amide bonds. The third kappa shape index (κ3) is 1.63. The van der Waals surface area contributed by atoms with Crippen molar-refractivity contribution in [1.82, 2.24) is 5.32 Å². The van der Waals surface area contributed by atoms with E-state index in [2.05, 4.69) is 19.2 Å². The second-order valence-electron chi connectivity index (χ2n) is 6.41. The van der Waals surface area contributed by atoms with Crippen LogP contribution < -0.4 is 5.32 Å². The Morgan fingerprint density at radius 2 is 1.75 bits per heavy atom. The van der Waals surface area contributed by atoms with E-state index in [1.165, 1.54) is 25.8 Å². The maximum atomic E-state index is 3.83. The van der Waals surface area contributed by atoms with Crippen LogP contribution in [-0.2, 0) is 0 Å². The highest BCUT2D eigenvalue weighted by Gasteiger charge is 2.66. The zero-order chi connectivity index (χ0) is 11.1. The first kappa shape index (κ1) is 11.1. The molecule has 5 unspecified atom stereocenters. The molecular weight excluding hydrogens is 194 g/mol. The Hall–Kier alpha value is -0.0400. The number of hydrogen-bond acceptors (Lipinski definition) is 1. The van der Waals surface area contributed by atoms with Crippen LogP contribution in [0.5, 0.6) is 0 Å². The average Bonchev–Trinajstić information content (AvgIpc) is 2.73. The van der Waals surface area contributed by atoms with Crippen LogP contribution >= 0.6 is 0 Å². The molecule has 0 aliphatic heterocycles. The lowest BCUT2D eigenvalue weighted by Crippen LogP contribution is -2.33. The Labute approximate surface area is 100 Å². The highest BCUT2D eigenvalue weighted by molar-refractivity contribution is 5.15. The van der Waals surface area contributed by atoms with Gasteiger partial charge in [0.2, 0.25) is 0 Å². The van der Waals surface area contributed by atoms with E-state index in [1.807, 2.05) is 0 Å². The highest BCUT2D eigenvalue weighted by Crippen LogP contribution is 2.70. The lowest BCUT2D eigenvalue weighted by Gasteiger charge is -2.21. The minimum absolute atomic E-state index is 0.864. The first-order valence-electron chi connectivity index (χ1n) is 7.60. The maximum Gasteiger partial charge on any atom is 0.0101 e. The molecule has 0 aromatic heterocycles. The van der Waals surface area contributed by atoms with Gasteiger partial charge in [-0.3, -0.25) is 0 Å². The highest BCUT2D eigenvalue weighted by atomic mass is 14.9. The summed E-state index contributed by atoms with van der Waals surface area (Å²) in [5.41, 5.74) is 0. The smallest absolute Gasteiger partial charge is 0.0101 e. The molecule has 1 heteroatoms. The van der Waals surface area contributed by atoms with Gasteiger partial charge in [-0.05, 0) is 68.2 Å². The molecule has 2 bridgehead atoms. The van der Waals surface area contributed by atoms with Crippen molar-refractivity contribution in [2.45, 2.75) is 58.4 Å². The third-order valence-corrected chi connectivity index (χ3v) is 5.52. The fraction of sp³-hybridized carbons (Fsp3) is 1.00. The maximum absolute atomic E-state index is 3.83. The normalized spacial score (nSPS) is 45.8. The van der Waals surface area contributed by atoms with Crippen molar-refractivity contribution in [2.24, 2.45) is 29.6 Å². The molecule has 0 spiro atoms. The number of rotatable bonds is 6. The van der Waals surface area contributed by atoms with E-state index < -0.39 is 0 Å². The number of nitrogens with one attached hydrogen (secondary N) is 1. The Bertz CT molecular complexity index is 234. The zero-order valence-electron chi connectivity index (χ0n) is 10.9. The van der Waals surface area contributed by atoms with Gasteiger partial charge in [0.05, 0.1) is 0 Å². The fourth-order valence-electron chi connectivity index (χ4n) is 5.00.